The lowest BCUT2D eigenvalue weighted by atomic mass is 10.1. The summed E-state index contributed by atoms with van der Waals surface area (Å²) in [7, 11) is 1.38. The van der Waals surface area contributed by atoms with E-state index in [1.165, 1.54) is 7.11 Å². The maximum Gasteiger partial charge on any atom is 0.337 e. The first-order chi connectivity index (χ1) is 10.2. The summed E-state index contributed by atoms with van der Waals surface area (Å²) < 4.78 is 4.71. The molecule has 2 aromatic rings. The summed E-state index contributed by atoms with van der Waals surface area (Å²) >= 11 is 0. The van der Waals surface area contributed by atoms with E-state index >= 15 is 0 Å². The summed E-state index contributed by atoms with van der Waals surface area (Å²) in [4.78, 5) is 11.5. The normalized spacial score (nSPS) is 11.9. The fourth-order valence-corrected chi connectivity index (χ4v) is 2.12. The highest BCUT2D eigenvalue weighted by Gasteiger charge is 2.07. The van der Waals surface area contributed by atoms with Gasteiger partial charge in [0.15, 0.2) is 0 Å². The van der Waals surface area contributed by atoms with Crippen LogP contribution in [0, 0.1) is 0 Å². The van der Waals surface area contributed by atoms with E-state index in [4.69, 9.17) is 10.5 Å². The number of carbonyl (C=O) groups is 1. The van der Waals surface area contributed by atoms with Crippen LogP contribution in [0.3, 0.4) is 0 Å². The third-order valence-corrected chi connectivity index (χ3v) is 3.27. The van der Waals surface area contributed by atoms with E-state index in [1.807, 2.05) is 48.5 Å². The van der Waals surface area contributed by atoms with Gasteiger partial charge in [-0.05, 0) is 23.3 Å². The van der Waals surface area contributed by atoms with Crippen LogP contribution in [-0.2, 0) is 11.3 Å². The molecule has 0 spiro atoms. The molecule has 4 nitrogen and oxygen atoms in total. The van der Waals surface area contributed by atoms with Crippen LogP contribution in [0.1, 0.15) is 27.5 Å². The van der Waals surface area contributed by atoms with Gasteiger partial charge in [-0.2, -0.15) is 0 Å². The molecule has 0 aliphatic heterocycles. The van der Waals surface area contributed by atoms with Gasteiger partial charge in [0.2, 0.25) is 0 Å². The van der Waals surface area contributed by atoms with E-state index in [-0.39, 0.29) is 12.0 Å². The number of methoxy groups -OCH3 is 1. The average Bonchev–Trinajstić information content (AvgIpc) is 2.55. The molecular formula is C17H20N2O2. The number of nitrogens with two attached hydrogens (primary N) is 1. The molecule has 0 aromatic heterocycles. The second kappa shape index (κ2) is 7.57. The van der Waals surface area contributed by atoms with Crippen molar-refractivity contribution in [2.45, 2.75) is 12.6 Å². The van der Waals surface area contributed by atoms with E-state index in [1.54, 1.807) is 6.07 Å². The second-order valence-corrected chi connectivity index (χ2v) is 4.84. The third-order valence-electron chi connectivity index (χ3n) is 3.27. The highest BCUT2D eigenvalue weighted by molar-refractivity contribution is 5.89. The van der Waals surface area contributed by atoms with Crippen LogP contribution in [0.5, 0.6) is 0 Å². The van der Waals surface area contributed by atoms with E-state index in [9.17, 15) is 4.79 Å². The van der Waals surface area contributed by atoms with Gasteiger partial charge in [0, 0.05) is 19.1 Å². The second-order valence-electron chi connectivity index (χ2n) is 4.84. The van der Waals surface area contributed by atoms with Gasteiger partial charge in [0.05, 0.1) is 12.7 Å². The molecule has 0 saturated carbocycles. The summed E-state index contributed by atoms with van der Waals surface area (Å²) in [6, 6.07) is 17.3. The van der Waals surface area contributed by atoms with Crippen LogP contribution in [0.25, 0.3) is 0 Å². The molecule has 1 atom stereocenters. The summed E-state index contributed by atoms with van der Waals surface area (Å²) in [5.74, 6) is -0.321. The first kappa shape index (κ1) is 15.2. The van der Waals surface area contributed by atoms with Gasteiger partial charge in [0.1, 0.15) is 0 Å². The van der Waals surface area contributed by atoms with Gasteiger partial charge < -0.3 is 15.8 Å². The van der Waals surface area contributed by atoms with Gasteiger partial charge in [-0.1, -0.05) is 42.5 Å². The van der Waals surface area contributed by atoms with Crippen molar-refractivity contribution >= 4 is 5.97 Å². The molecular weight excluding hydrogens is 264 g/mol. The molecule has 0 fully saturated rings. The van der Waals surface area contributed by atoms with Crippen molar-refractivity contribution < 1.29 is 9.53 Å². The molecule has 0 saturated heterocycles. The number of carbonyl (C=O) groups excluding carboxylic acids is 1. The molecule has 0 unspecified atom stereocenters. The Kier molecular flexibility index (Phi) is 5.49. The molecule has 0 aliphatic rings. The Hall–Kier alpha value is -2.17. The molecule has 0 heterocycles. The molecule has 0 amide bonds. The number of nitrogens with one attached hydrogen (secondary N) is 1. The Bertz CT molecular complexity index is 584. The zero-order chi connectivity index (χ0) is 15.1. The Morgan fingerprint density at radius 2 is 1.95 bits per heavy atom. The minimum Gasteiger partial charge on any atom is -0.465 e. The van der Waals surface area contributed by atoms with Gasteiger partial charge in [-0.25, -0.2) is 4.79 Å². The quantitative estimate of drug-likeness (QED) is 0.799. The van der Waals surface area contributed by atoms with Crippen molar-refractivity contribution in [1.82, 2.24) is 5.32 Å². The molecule has 2 aromatic carbocycles. The van der Waals surface area contributed by atoms with Crippen molar-refractivity contribution in [2.75, 3.05) is 13.7 Å². The fourth-order valence-electron chi connectivity index (χ4n) is 2.12. The molecule has 110 valence electrons. The lowest BCUT2D eigenvalue weighted by molar-refractivity contribution is 0.0600. The number of ether oxygens (including phenoxy) is 1. The van der Waals surface area contributed by atoms with Gasteiger partial charge in [0.25, 0.3) is 0 Å². The average molecular weight is 284 g/mol. The summed E-state index contributed by atoms with van der Waals surface area (Å²) in [5, 5.41) is 3.31. The molecule has 0 radical (unpaired) electrons. The number of hydrogen-bond donors (Lipinski definition) is 2. The van der Waals surface area contributed by atoms with Crippen LogP contribution in [0.4, 0.5) is 0 Å². The first-order valence-corrected chi connectivity index (χ1v) is 6.89. The monoisotopic (exact) mass is 284 g/mol. The highest BCUT2D eigenvalue weighted by Crippen LogP contribution is 2.09. The van der Waals surface area contributed by atoms with Crippen LogP contribution >= 0.6 is 0 Å². The molecule has 0 aliphatic carbocycles. The van der Waals surface area contributed by atoms with Crippen LogP contribution in [0.2, 0.25) is 0 Å². The zero-order valence-corrected chi connectivity index (χ0v) is 12.1. The third kappa shape index (κ3) is 4.41. The van der Waals surface area contributed by atoms with E-state index < -0.39 is 0 Å². The minimum absolute atomic E-state index is 0.0463. The van der Waals surface area contributed by atoms with Gasteiger partial charge in [-0.3, -0.25) is 0 Å². The molecule has 2 rings (SSSR count). The topological polar surface area (TPSA) is 64.3 Å². The van der Waals surface area contributed by atoms with Crippen molar-refractivity contribution in [1.29, 1.82) is 0 Å². The first-order valence-electron chi connectivity index (χ1n) is 6.89. The van der Waals surface area contributed by atoms with Crippen LogP contribution < -0.4 is 11.1 Å². The molecule has 4 heteroatoms. The lowest BCUT2D eigenvalue weighted by Crippen LogP contribution is -2.26. The lowest BCUT2D eigenvalue weighted by Gasteiger charge is -2.13. The van der Waals surface area contributed by atoms with E-state index in [0.29, 0.717) is 18.7 Å². The minimum atomic E-state index is -0.321. The maximum absolute atomic E-state index is 11.5. The predicted octanol–water partition coefficient (Wildman–Crippen LogP) is 2.26. The molecule has 21 heavy (non-hydrogen) atoms. The Morgan fingerprint density at radius 3 is 2.67 bits per heavy atom. The largest absolute Gasteiger partial charge is 0.465 e. The number of esters is 1. The van der Waals surface area contributed by atoms with Gasteiger partial charge in [-0.15, -0.1) is 0 Å². The Labute approximate surface area is 124 Å². The Morgan fingerprint density at radius 1 is 1.19 bits per heavy atom. The summed E-state index contributed by atoms with van der Waals surface area (Å²) in [6.07, 6.45) is 0. The van der Waals surface area contributed by atoms with Crippen LogP contribution in [-0.4, -0.2) is 19.6 Å². The standard InChI is InChI=1S/C17H20N2O2/c1-21-17(20)15-9-5-6-13(10-15)11-19-12-16(18)14-7-3-2-4-8-14/h2-10,16,19H,11-12,18H2,1H3/t16-/m1/s1. The zero-order valence-electron chi connectivity index (χ0n) is 12.1. The van der Waals surface area contributed by atoms with Crippen molar-refractivity contribution in [2.24, 2.45) is 5.73 Å². The SMILES string of the molecule is COC(=O)c1cccc(CNC[C@@H](N)c2ccccc2)c1. The van der Waals surface area contributed by atoms with Gasteiger partial charge >= 0.3 is 5.97 Å². The number of hydrogen-bond acceptors (Lipinski definition) is 4. The fraction of sp³-hybridized carbons (Fsp3) is 0.235. The number of rotatable bonds is 6. The number of benzene rings is 2. The predicted molar refractivity (Wildman–Crippen MR) is 82.9 cm³/mol. The van der Waals surface area contributed by atoms with Crippen molar-refractivity contribution in [3.8, 4) is 0 Å². The van der Waals surface area contributed by atoms with Crippen molar-refractivity contribution in [3.05, 3.63) is 71.3 Å². The maximum atomic E-state index is 11.5. The van der Waals surface area contributed by atoms with Crippen LogP contribution in [0.15, 0.2) is 54.6 Å². The smallest absolute Gasteiger partial charge is 0.337 e. The van der Waals surface area contributed by atoms with E-state index in [0.717, 1.165) is 11.1 Å². The highest BCUT2D eigenvalue weighted by atomic mass is 16.5. The van der Waals surface area contributed by atoms with E-state index in [2.05, 4.69) is 5.32 Å². The summed E-state index contributed by atoms with van der Waals surface area (Å²) in [6.45, 7) is 1.33. The van der Waals surface area contributed by atoms with Crippen molar-refractivity contribution in [3.63, 3.8) is 0 Å². The molecule has 0 bridgehead atoms. The molecule has 3 N–H and O–H groups in total. The summed E-state index contributed by atoms with van der Waals surface area (Å²) in [5.41, 5.74) is 8.81. The Balaban J connectivity index is 1.87.